The van der Waals surface area contributed by atoms with E-state index >= 15 is 0 Å². The van der Waals surface area contributed by atoms with E-state index in [1.54, 1.807) is 0 Å². The van der Waals surface area contributed by atoms with Gasteiger partial charge in [-0.2, -0.15) is 5.26 Å². The van der Waals surface area contributed by atoms with E-state index in [4.69, 9.17) is 21.5 Å². The fourth-order valence-corrected chi connectivity index (χ4v) is 16.1. The summed E-state index contributed by atoms with van der Waals surface area (Å²) in [5.41, 5.74) is 12.0. The zero-order valence-corrected chi connectivity index (χ0v) is 43.2. The number of nitriles is 1. The van der Waals surface area contributed by atoms with Crippen LogP contribution in [0.25, 0.3) is 99.9 Å². The molecule has 78 heavy (non-hydrogen) atoms. The summed E-state index contributed by atoms with van der Waals surface area (Å²) in [6.07, 6.45) is 0. The van der Waals surface area contributed by atoms with Gasteiger partial charge in [-0.25, -0.2) is 19.8 Å². The highest BCUT2D eigenvalue weighted by Crippen LogP contribution is 2.42. The van der Waals surface area contributed by atoms with Crippen LogP contribution in [-0.2, 0) is 0 Å². The van der Waals surface area contributed by atoms with Crippen LogP contribution in [0.5, 0.6) is 0 Å². The molecule has 0 aliphatic rings. The predicted molar refractivity (Wildman–Crippen MR) is 321 cm³/mol. The van der Waals surface area contributed by atoms with Crippen LogP contribution in [0.4, 0.5) is 5.69 Å². The van der Waals surface area contributed by atoms with Crippen molar-refractivity contribution in [2.75, 3.05) is 0 Å². The molecule has 13 aromatic rings. The van der Waals surface area contributed by atoms with Crippen molar-refractivity contribution in [2.45, 2.75) is 0 Å². The maximum absolute atomic E-state index is 10.4. The third kappa shape index (κ3) is 8.34. The van der Waals surface area contributed by atoms with Crippen molar-refractivity contribution in [3.05, 3.63) is 296 Å². The molecule has 2 heterocycles. The average molecular weight is 1010 g/mol. The van der Waals surface area contributed by atoms with Gasteiger partial charge in [0.2, 0.25) is 0 Å². The third-order valence-corrected chi connectivity index (χ3v) is 19.7. The van der Waals surface area contributed by atoms with Gasteiger partial charge in [0.1, 0.15) is 0 Å². The SMILES string of the molecule is [C-]#[N+]c1ccccc1-c1ccc2c3ccc(-c4ccccc4C#N)cc3n(-c3ccc(-c4cccc([Si](c5ccccc5)(c5ccccc5)c5ccccc5)c4)cc3-c3nc(-c4ccccc4)nc(-c4ccccc4)n3)c2c1. The van der Waals surface area contributed by atoms with E-state index < -0.39 is 8.07 Å². The molecule has 0 saturated heterocycles. The minimum Gasteiger partial charge on any atom is -0.308 e. The number of fused-ring (bicyclic) bond motifs is 3. The fourth-order valence-electron chi connectivity index (χ4n) is 11.3. The topological polar surface area (TPSA) is 71.8 Å². The highest BCUT2D eigenvalue weighted by molar-refractivity contribution is 7.19. The van der Waals surface area contributed by atoms with Crippen molar-refractivity contribution in [1.29, 1.82) is 5.26 Å². The summed E-state index contributed by atoms with van der Waals surface area (Å²) in [7, 11) is -2.90. The Labute approximate surface area is 454 Å². The molecule has 0 amide bonds. The predicted octanol–water partition coefficient (Wildman–Crippen LogP) is 14.8. The van der Waals surface area contributed by atoms with Crippen LogP contribution in [-0.4, -0.2) is 27.6 Å². The second kappa shape index (κ2) is 20.3. The van der Waals surface area contributed by atoms with Crippen LogP contribution < -0.4 is 20.7 Å². The zero-order chi connectivity index (χ0) is 52.4. The molecule has 0 aliphatic heterocycles. The van der Waals surface area contributed by atoms with Crippen molar-refractivity contribution in [3.63, 3.8) is 0 Å². The number of rotatable bonds is 11. The second-order valence-corrected chi connectivity index (χ2v) is 23.1. The number of benzene rings is 11. The largest absolute Gasteiger partial charge is 0.308 e. The van der Waals surface area contributed by atoms with Crippen molar-refractivity contribution in [2.24, 2.45) is 0 Å². The van der Waals surface area contributed by atoms with Gasteiger partial charge in [-0.1, -0.05) is 249 Å². The Hall–Kier alpha value is -10.6. The van der Waals surface area contributed by atoms with Crippen molar-refractivity contribution >= 4 is 56.3 Å². The lowest BCUT2D eigenvalue weighted by Gasteiger charge is -2.34. The first kappa shape index (κ1) is 47.2. The number of aromatic nitrogens is 4. The minimum atomic E-state index is -2.90. The maximum Gasteiger partial charge on any atom is 0.194 e. The number of hydrogen-bond acceptors (Lipinski definition) is 4. The van der Waals surface area contributed by atoms with Gasteiger partial charge in [-0.05, 0) is 84.5 Å². The van der Waals surface area contributed by atoms with E-state index in [0.29, 0.717) is 28.7 Å². The van der Waals surface area contributed by atoms with Crippen LogP contribution >= 0.6 is 0 Å². The van der Waals surface area contributed by atoms with Crippen LogP contribution in [0.1, 0.15) is 5.56 Å². The number of nitrogens with zero attached hydrogens (tertiary/aromatic N) is 6. The molecule has 11 aromatic carbocycles. The van der Waals surface area contributed by atoms with E-state index in [-0.39, 0.29) is 0 Å². The molecule has 0 unspecified atom stereocenters. The first-order valence-electron chi connectivity index (χ1n) is 25.9. The van der Waals surface area contributed by atoms with E-state index in [2.05, 4.69) is 185 Å². The molecule has 0 radical (unpaired) electrons. The molecule has 13 rings (SSSR count). The van der Waals surface area contributed by atoms with Gasteiger partial charge in [0.15, 0.2) is 31.2 Å². The Balaban J connectivity index is 1.12. The molecule has 0 bridgehead atoms. The van der Waals surface area contributed by atoms with Gasteiger partial charge in [-0.15, -0.1) is 0 Å². The molecule has 0 aliphatic carbocycles. The first-order valence-corrected chi connectivity index (χ1v) is 27.9. The molecule has 7 heteroatoms. The summed E-state index contributed by atoms with van der Waals surface area (Å²) >= 11 is 0. The summed E-state index contributed by atoms with van der Waals surface area (Å²) in [5.74, 6) is 1.61. The van der Waals surface area contributed by atoms with Gasteiger partial charge in [0.05, 0.1) is 34.9 Å². The van der Waals surface area contributed by atoms with Crippen LogP contribution in [0, 0.1) is 17.9 Å². The van der Waals surface area contributed by atoms with Gasteiger partial charge in [0.25, 0.3) is 0 Å². The number of para-hydroxylation sites is 1. The fraction of sp³-hybridized carbons (Fsp3) is 0. The van der Waals surface area contributed by atoms with Gasteiger partial charge >= 0.3 is 0 Å². The zero-order valence-electron chi connectivity index (χ0n) is 42.2. The van der Waals surface area contributed by atoms with Crippen LogP contribution in [0.2, 0.25) is 0 Å². The Kier molecular flexibility index (Phi) is 12.3. The Morgan fingerprint density at radius 2 is 0.795 bits per heavy atom. The average Bonchev–Trinajstić information content (AvgIpc) is 4.05. The standard InChI is InChI=1S/C71H46N6Si/c1-73-65-37-20-19-36-61(65)54-39-42-63-62-41-38-53(60-35-18-17-26-55(60)48-72)46-67(62)77(68(63)47-54)66-43-40-52(45-64(66)71-75-69(49-22-7-2-8-23-49)74-70(76-71)50-24-9-3-10-25-50)51-27-21-34-59(44-51)78(56-28-11-4-12-29-56,57-30-13-5-14-31-57)58-32-15-6-16-33-58/h2-47H. The number of hydrogen-bond donors (Lipinski definition) is 0. The van der Waals surface area contributed by atoms with E-state index in [0.717, 1.165) is 77.6 Å². The van der Waals surface area contributed by atoms with Crippen molar-refractivity contribution in [3.8, 4) is 79.3 Å². The second-order valence-electron chi connectivity index (χ2n) is 19.3. The Morgan fingerprint density at radius 3 is 1.35 bits per heavy atom. The normalized spacial score (nSPS) is 11.3. The minimum absolute atomic E-state index is 0.507. The van der Waals surface area contributed by atoms with Crippen molar-refractivity contribution < 1.29 is 0 Å². The quantitative estimate of drug-likeness (QED) is 0.0735. The third-order valence-electron chi connectivity index (χ3n) is 14.9. The molecule has 0 fully saturated rings. The van der Waals surface area contributed by atoms with Crippen LogP contribution in [0.3, 0.4) is 0 Å². The van der Waals surface area contributed by atoms with Gasteiger partial charge in [0, 0.05) is 27.5 Å². The highest BCUT2D eigenvalue weighted by Gasteiger charge is 2.41. The summed E-state index contributed by atoms with van der Waals surface area (Å²) in [5, 5.41) is 17.6. The van der Waals surface area contributed by atoms with Gasteiger partial charge in [-0.3, -0.25) is 0 Å². The molecule has 0 N–H and O–H groups in total. The molecule has 6 nitrogen and oxygen atoms in total. The molecule has 364 valence electrons. The molecule has 0 spiro atoms. The molecular formula is C71H46N6Si. The lowest BCUT2D eigenvalue weighted by molar-refractivity contribution is 1.06. The first-order chi connectivity index (χ1) is 38.6. The van der Waals surface area contributed by atoms with Gasteiger partial charge < -0.3 is 4.57 Å². The lowest BCUT2D eigenvalue weighted by Crippen LogP contribution is -2.74. The maximum atomic E-state index is 10.4. The smallest absolute Gasteiger partial charge is 0.194 e. The summed E-state index contributed by atoms with van der Waals surface area (Å²) in [6, 6.07) is 99.9. The lowest BCUT2D eigenvalue weighted by atomic mass is 9.98. The van der Waals surface area contributed by atoms with E-state index in [9.17, 15) is 5.26 Å². The van der Waals surface area contributed by atoms with Crippen molar-refractivity contribution in [1.82, 2.24) is 19.5 Å². The molecular weight excluding hydrogens is 965 g/mol. The highest BCUT2D eigenvalue weighted by atomic mass is 28.3. The molecule has 0 saturated carbocycles. The summed E-state index contributed by atoms with van der Waals surface area (Å²) in [6.45, 7) is 8.13. The molecule has 2 aromatic heterocycles. The summed E-state index contributed by atoms with van der Waals surface area (Å²) < 4.78 is 2.31. The van der Waals surface area contributed by atoms with Crippen LogP contribution in [0.15, 0.2) is 279 Å². The van der Waals surface area contributed by atoms with E-state index in [1.165, 1.54) is 20.7 Å². The van der Waals surface area contributed by atoms with E-state index in [1.807, 2.05) is 109 Å². The Bertz CT molecular complexity index is 4180. The molecule has 0 atom stereocenters. The monoisotopic (exact) mass is 1010 g/mol. The summed E-state index contributed by atoms with van der Waals surface area (Å²) in [4.78, 5) is 19.9. The Morgan fingerprint density at radius 1 is 0.359 bits per heavy atom.